The summed E-state index contributed by atoms with van der Waals surface area (Å²) in [5, 5.41) is 6.73. The fourth-order valence-corrected chi connectivity index (χ4v) is 3.17. The number of nitrogens with zero attached hydrogens (tertiary/aromatic N) is 4. The van der Waals surface area contributed by atoms with Gasteiger partial charge in [-0.3, -0.25) is 14.5 Å². The highest BCUT2D eigenvalue weighted by Crippen LogP contribution is 2.20. The molecular formula is C20H27N5O3. The van der Waals surface area contributed by atoms with Crippen molar-refractivity contribution in [2.45, 2.75) is 20.3 Å². The highest BCUT2D eigenvalue weighted by Gasteiger charge is 2.17. The fourth-order valence-electron chi connectivity index (χ4n) is 3.17. The molecule has 0 aliphatic carbocycles. The van der Waals surface area contributed by atoms with E-state index in [4.69, 9.17) is 4.52 Å². The van der Waals surface area contributed by atoms with Crippen LogP contribution in [-0.4, -0.2) is 61.6 Å². The van der Waals surface area contributed by atoms with Gasteiger partial charge in [0.15, 0.2) is 5.82 Å². The van der Waals surface area contributed by atoms with Crippen LogP contribution in [0.15, 0.2) is 34.9 Å². The minimum Gasteiger partial charge on any atom is -0.369 e. The molecule has 1 aromatic heterocycles. The van der Waals surface area contributed by atoms with Crippen molar-refractivity contribution in [3.8, 4) is 0 Å². The number of aryl methyl sites for hydroxylation is 1. The molecule has 1 aromatic carbocycles. The van der Waals surface area contributed by atoms with Crippen molar-refractivity contribution in [1.29, 1.82) is 0 Å². The zero-order valence-electron chi connectivity index (χ0n) is 16.6. The van der Waals surface area contributed by atoms with E-state index in [9.17, 15) is 9.59 Å². The number of anilines is 3. The Bertz CT molecular complexity index is 810. The second kappa shape index (κ2) is 8.88. The smallest absolute Gasteiger partial charge is 0.226 e. The predicted molar refractivity (Wildman–Crippen MR) is 109 cm³/mol. The lowest BCUT2D eigenvalue weighted by Gasteiger charge is -2.34. The van der Waals surface area contributed by atoms with E-state index < -0.39 is 0 Å². The molecule has 150 valence electrons. The third kappa shape index (κ3) is 5.10. The topological polar surface area (TPSA) is 81.9 Å². The number of benzene rings is 1. The Hall–Kier alpha value is -2.87. The van der Waals surface area contributed by atoms with Gasteiger partial charge in [0.1, 0.15) is 5.76 Å². The van der Waals surface area contributed by atoms with E-state index >= 15 is 0 Å². The van der Waals surface area contributed by atoms with E-state index in [1.807, 2.05) is 24.3 Å². The van der Waals surface area contributed by atoms with Crippen LogP contribution in [0.2, 0.25) is 0 Å². The monoisotopic (exact) mass is 385 g/mol. The maximum absolute atomic E-state index is 12.3. The van der Waals surface area contributed by atoms with E-state index in [0.29, 0.717) is 11.6 Å². The number of piperazine rings is 1. The van der Waals surface area contributed by atoms with Crippen molar-refractivity contribution in [3.05, 3.63) is 36.1 Å². The number of aromatic nitrogens is 1. The van der Waals surface area contributed by atoms with Crippen molar-refractivity contribution in [3.63, 3.8) is 0 Å². The number of amides is 2. The summed E-state index contributed by atoms with van der Waals surface area (Å²) in [6.07, 6.45) is 0.172. The first kappa shape index (κ1) is 19.9. The molecule has 2 aromatic rings. The van der Waals surface area contributed by atoms with Crippen molar-refractivity contribution in [2.75, 3.05) is 54.9 Å². The predicted octanol–water partition coefficient (Wildman–Crippen LogP) is 2.12. The Morgan fingerprint density at radius 2 is 1.86 bits per heavy atom. The minimum atomic E-state index is -0.183. The van der Waals surface area contributed by atoms with Crippen molar-refractivity contribution < 1.29 is 14.1 Å². The number of carbonyl (C=O) groups excluding carboxylic acids is 2. The van der Waals surface area contributed by atoms with Gasteiger partial charge in [-0.05, 0) is 38.2 Å². The van der Waals surface area contributed by atoms with Crippen LogP contribution in [0, 0.1) is 6.92 Å². The summed E-state index contributed by atoms with van der Waals surface area (Å²) in [6, 6.07) is 9.56. The molecule has 1 saturated heterocycles. The van der Waals surface area contributed by atoms with Gasteiger partial charge in [-0.15, -0.1) is 0 Å². The molecule has 0 bridgehead atoms. The van der Waals surface area contributed by atoms with Crippen LogP contribution in [0.1, 0.15) is 19.1 Å². The maximum atomic E-state index is 12.3. The first-order valence-corrected chi connectivity index (χ1v) is 9.47. The SMILES string of the molecule is CC(=O)N(CCC(=O)Nc1ccc(N2CCN(C)CC2)cc1)c1cc(C)on1. The summed E-state index contributed by atoms with van der Waals surface area (Å²) in [4.78, 5) is 30.2. The van der Waals surface area contributed by atoms with Crippen LogP contribution in [-0.2, 0) is 9.59 Å². The first-order chi connectivity index (χ1) is 13.4. The lowest BCUT2D eigenvalue weighted by Crippen LogP contribution is -2.44. The molecule has 2 heterocycles. The highest BCUT2D eigenvalue weighted by atomic mass is 16.5. The molecule has 1 aliphatic heterocycles. The van der Waals surface area contributed by atoms with Crippen LogP contribution in [0.5, 0.6) is 0 Å². The highest BCUT2D eigenvalue weighted by molar-refractivity contribution is 5.94. The lowest BCUT2D eigenvalue weighted by molar-refractivity contribution is -0.117. The van der Waals surface area contributed by atoms with Crippen LogP contribution >= 0.6 is 0 Å². The van der Waals surface area contributed by atoms with Crippen molar-refractivity contribution >= 4 is 29.0 Å². The quantitative estimate of drug-likeness (QED) is 0.820. The average Bonchev–Trinajstić information content (AvgIpc) is 3.09. The molecule has 1 fully saturated rings. The average molecular weight is 385 g/mol. The van der Waals surface area contributed by atoms with Gasteiger partial charge in [0, 0.05) is 63.5 Å². The van der Waals surface area contributed by atoms with Crippen LogP contribution < -0.4 is 15.1 Å². The summed E-state index contributed by atoms with van der Waals surface area (Å²) < 4.78 is 5.01. The molecule has 1 aliphatic rings. The van der Waals surface area contributed by atoms with Crippen LogP contribution in [0.3, 0.4) is 0 Å². The molecule has 3 rings (SSSR count). The van der Waals surface area contributed by atoms with Gasteiger partial charge in [0.25, 0.3) is 0 Å². The molecule has 8 nitrogen and oxygen atoms in total. The molecule has 0 unspecified atom stereocenters. The third-order valence-corrected chi connectivity index (χ3v) is 4.85. The van der Waals surface area contributed by atoms with E-state index in [1.165, 1.54) is 11.8 Å². The summed E-state index contributed by atoms with van der Waals surface area (Å²) >= 11 is 0. The Balaban J connectivity index is 1.52. The van der Waals surface area contributed by atoms with Gasteiger partial charge in [-0.1, -0.05) is 5.16 Å². The van der Waals surface area contributed by atoms with Crippen LogP contribution in [0.25, 0.3) is 0 Å². The van der Waals surface area contributed by atoms with Gasteiger partial charge < -0.3 is 19.6 Å². The van der Waals surface area contributed by atoms with Gasteiger partial charge in [-0.25, -0.2) is 0 Å². The molecule has 0 radical (unpaired) electrons. The van der Waals surface area contributed by atoms with Gasteiger partial charge >= 0.3 is 0 Å². The number of likely N-dealkylation sites (N-methyl/N-ethyl adjacent to an activating group) is 1. The second-order valence-electron chi connectivity index (χ2n) is 7.10. The third-order valence-electron chi connectivity index (χ3n) is 4.85. The Labute approximate surface area is 165 Å². The summed E-state index contributed by atoms with van der Waals surface area (Å²) in [7, 11) is 2.13. The number of nitrogens with one attached hydrogen (secondary N) is 1. The molecule has 8 heteroatoms. The standard InChI is InChI=1S/C20H27N5O3/c1-15-14-19(22-28-15)25(16(2)26)9-8-20(27)21-17-4-6-18(7-5-17)24-12-10-23(3)11-13-24/h4-7,14H,8-13H2,1-3H3,(H,21,27). The molecule has 28 heavy (non-hydrogen) atoms. The maximum Gasteiger partial charge on any atom is 0.226 e. The largest absolute Gasteiger partial charge is 0.369 e. The summed E-state index contributed by atoms with van der Waals surface area (Å²) in [5.74, 6) is 0.705. The Morgan fingerprint density at radius 3 is 2.43 bits per heavy atom. The van der Waals surface area contributed by atoms with Crippen molar-refractivity contribution in [2.24, 2.45) is 0 Å². The number of hydrogen-bond acceptors (Lipinski definition) is 6. The molecule has 0 atom stereocenters. The second-order valence-corrected chi connectivity index (χ2v) is 7.10. The van der Waals surface area contributed by atoms with Crippen molar-refractivity contribution in [1.82, 2.24) is 10.1 Å². The van der Waals surface area contributed by atoms with E-state index in [1.54, 1.807) is 13.0 Å². The van der Waals surface area contributed by atoms with Gasteiger partial charge in [-0.2, -0.15) is 0 Å². The molecule has 1 N–H and O–H groups in total. The lowest BCUT2D eigenvalue weighted by atomic mass is 10.2. The number of carbonyl (C=O) groups is 2. The van der Waals surface area contributed by atoms with E-state index in [-0.39, 0.29) is 24.8 Å². The summed E-state index contributed by atoms with van der Waals surface area (Å²) in [6.45, 7) is 7.56. The normalized spacial score (nSPS) is 14.8. The molecule has 0 saturated carbocycles. The first-order valence-electron chi connectivity index (χ1n) is 9.47. The van der Waals surface area contributed by atoms with Crippen LogP contribution in [0.4, 0.5) is 17.2 Å². The summed E-state index contributed by atoms with van der Waals surface area (Å²) in [5.41, 5.74) is 1.91. The Morgan fingerprint density at radius 1 is 1.18 bits per heavy atom. The Kier molecular flexibility index (Phi) is 6.30. The fraction of sp³-hybridized carbons (Fsp3) is 0.450. The number of hydrogen-bond donors (Lipinski definition) is 1. The zero-order valence-corrected chi connectivity index (χ0v) is 16.6. The number of rotatable bonds is 6. The van der Waals surface area contributed by atoms with Gasteiger partial charge in [0.05, 0.1) is 0 Å². The zero-order chi connectivity index (χ0) is 20.1. The minimum absolute atomic E-state index is 0.154. The van der Waals surface area contributed by atoms with Gasteiger partial charge in [0.2, 0.25) is 11.8 Å². The molecular weight excluding hydrogens is 358 g/mol. The van der Waals surface area contributed by atoms with E-state index in [0.717, 1.165) is 37.6 Å². The molecule has 2 amide bonds. The molecule has 0 spiro atoms. The van der Waals surface area contributed by atoms with E-state index in [2.05, 4.69) is 27.3 Å².